The number of anilines is 4. The standard InChI is InChI=1S/C25H22N6O2/c1-15-20(30-24(32)28-18-7-5-16-9-11-26-22(16)13-18)3-2-4-21(15)31-25(33)29-19-8-6-17-10-12-27-23(17)14-19/h2-14,26-27H,1H3,(H2,28,30,32)(H2,29,31,33). The molecule has 3 aromatic carbocycles. The zero-order valence-corrected chi connectivity index (χ0v) is 17.8. The minimum atomic E-state index is -0.371. The van der Waals surface area contributed by atoms with E-state index < -0.39 is 0 Å². The Morgan fingerprint density at radius 3 is 1.61 bits per heavy atom. The molecule has 0 aliphatic rings. The van der Waals surface area contributed by atoms with Crippen molar-refractivity contribution in [3.63, 3.8) is 0 Å². The maximum Gasteiger partial charge on any atom is 0.323 e. The van der Waals surface area contributed by atoms with E-state index in [0.717, 1.165) is 27.4 Å². The summed E-state index contributed by atoms with van der Waals surface area (Å²) in [4.78, 5) is 31.3. The van der Waals surface area contributed by atoms with Gasteiger partial charge in [-0.1, -0.05) is 18.2 Å². The van der Waals surface area contributed by atoms with Gasteiger partial charge in [0.05, 0.1) is 0 Å². The molecule has 5 aromatic rings. The molecule has 8 nitrogen and oxygen atoms in total. The van der Waals surface area contributed by atoms with E-state index >= 15 is 0 Å². The summed E-state index contributed by atoms with van der Waals surface area (Å²) in [5, 5.41) is 13.5. The molecule has 0 aliphatic heterocycles. The van der Waals surface area contributed by atoms with Crippen LogP contribution in [0.4, 0.5) is 32.3 Å². The van der Waals surface area contributed by atoms with Crippen molar-refractivity contribution in [3.05, 3.63) is 84.7 Å². The van der Waals surface area contributed by atoms with Gasteiger partial charge in [0.25, 0.3) is 0 Å². The number of carbonyl (C=O) groups excluding carboxylic acids is 2. The number of amides is 4. The second-order valence-corrected chi connectivity index (χ2v) is 7.70. The molecule has 0 spiro atoms. The van der Waals surface area contributed by atoms with E-state index in [4.69, 9.17) is 0 Å². The van der Waals surface area contributed by atoms with Crippen LogP contribution in [0, 0.1) is 6.92 Å². The molecule has 0 unspecified atom stereocenters. The number of aromatic nitrogens is 2. The lowest BCUT2D eigenvalue weighted by Gasteiger charge is -2.14. The SMILES string of the molecule is Cc1c(NC(=O)Nc2ccc3cc[nH]c3c2)cccc1NC(=O)Nc1ccc2cc[nH]c2c1. The average Bonchev–Trinajstić information content (AvgIpc) is 3.45. The van der Waals surface area contributed by atoms with Crippen LogP contribution in [0.25, 0.3) is 21.8 Å². The van der Waals surface area contributed by atoms with Gasteiger partial charge in [-0.3, -0.25) is 0 Å². The molecule has 5 rings (SSSR count). The summed E-state index contributed by atoms with van der Waals surface area (Å²) >= 11 is 0. The first-order valence-corrected chi connectivity index (χ1v) is 10.4. The summed E-state index contributed by atoms with van der Waals surface area (Å²) in [5.41, 5.74) is 5.16. The van der Waals surface area contributed by atoms with E-state index in [-0.39, 0.29) is 12.1 Å². The first kappa shape index (κ1) is 20.2. The third-order valence-electron chi connectivity index (χ3n) is 5.46. The molecular formula is C25H22N6O2. The van der Waals surface area contributed by atoms with E-state index in [1.807, 2.05) is 67.8 Å². The monoisotopic (exact) mass is 438 g/mol. The van der Waals surface area contributed by atoms with Gasteiger partial charge in [-0.05, 0) is 71.8 Å². The van der Waals surface area contributed by atoms with Crippen LogP contribution in [0.3, 0.4) is 0 Å². The first-order valence-electron chi connectivity index (χ1n) is 10.4. The maximum absolute atomic E-state index is 12.5. The van der Waals surface area contributed by atoms with Crippen LogP contribution in [0.5, 0.6) is 0 Å². The molecule has 0 atom stereocenters. The Bertz CT molecular complexity index is 1370. The minimum absolute atomic E-state index is 0.371. The predicted molar refractivity (Wildman–Crippen MR) is 133 cm³/mol. The molecule has 6 N–H and O–H groups in total. The summed E-state index contributed by atoms with van der Waals surface area (Å²) in [6.07, 6.45) is 3.70. The van der Waals surface area contributed by atoms with Crippen molar-refractivity contribution in [2.45, 2.75) is 6.92 Å². The van der Waals surface area contributed by atoms with Gasteiger partial charge < -0.3 is 31.2 Å². The van der Waals surface area contributed by atoms with Gasteiger partial charge in [-0.25, -0.2) is 9.59 Å². The van der Waals surface area contributed by atoms with Gasteiger partial charge in [0.15, 0.2) is 0 Å². The molecule has 8 heteroatoms. The van der Waals surface area contributed by atoms with E-state index in [2.05, 4.69) is 31.2 Å². The fourth-order valence-electron chi connectivity index (χ4n) is 3.73. The third-order valence-corrected chi connectivity index (χ3v) is 5.46. The van der Waals surface area contributed by atoms with Crippen molar-refractivity contribution in [2.24, 2.45) is 0 Å². The van der Waals surface area contributed by atoms with Crippen LogP contribution in [0.15, 0.2) is 79.1 Å². The molecule has 33 heavy (non-hydrogen) atoms. The third kappa shape index (κ3) is 4.35. The molecule has 0 saturated carbocycles. The number of hydrogen-bond acceptors (Lipinski definition) is 2. The van der Waals surface area contributed by atoms with Crippen molar-refractivity contribution < 1.29 is 9.59 Å². The Morgan fingerprint density at radius 2 is 1.12 bits per heavy atom. The molecular weight excluding hydrogens is 416 g/mol. The predicted octanol–water partition coefficient (Wildman–Crippen LogP) is 6.25. The van der Waals surface area contributed by atoms with Gasteiger partial charge >= 0.3 is 12.1 Å². The summed E-state index contributed by atoms with van der Waals surface area (Å²) in [6, 6.07) is 19.8. The van der Waals surface area contributed by atoms with Gasteiger partial charge in [0.1, 0.15) is 0 Å². The number of H-pyrrole nitrogens is 2. The van der Waals surface area contributed by atoms with Crippen molar-refractivity contribution in [2.75, 3.05) is 21.3 Å². The van der Waals surface area contributed by atoms with Crippen LogP contribution in [-0.2, 0) is 0 Å². The fraction of sp³-hybridized carbons (Fsp3) is 0.0400. The zero-order chi connectivity index (χ0) is 22.8. The van der Waals surface area contributed by atoms with Crippen molar-refractivity contribution in [3.8, 4) is 0 Å². The minimum Gasteiger partial charge on any atom is -0.361 e. The second kappa shape index (κ2) is 8.43. The number of carbonyl (C=O) groups is 2. The fourth-order valence-corrected chi connectivity index (χ4v) is 3.73. The number of nitrogens with one attached hydrogen (secondary N) is 6. The highest BCUT2D eigenvalue weighted by molar-refractivity contribution is 6.04. The summed E-state index contributed by atoms with van der Waals surface area (Å²) in [5.74, 6) is 0. The smallest absolute Gasteiger partial charge is 0.323 e. The van der Waals surface area contributed by atoms with E-state index in [0.29, 0.717) is 22.7 Å². The second-order valence-electron chi connectivity index (χ2n) is 7.70. The zero-order valence-electron chi connectivity index (χ0n) is 17.8. The topological polar surface area (TPSA) is 114 Å². The number of benzene rings is 3. The Labute approximate surface area is 189 Å². The summed E-state index contributed by atoms with van der Waals surface area (Å²) in [6.45, 7) is 1.83. The average molecular weight is 438 g/mol. The number of fused-ring (bicyclic) bond motifs is 2. The molecule has 0 saturated heterocycles. The number of hydrogen-bond donors (Lipinski definition) is 6. The van der Waals surface area contributed by atoms with Crippen molar-refractivity contribution in [1.29, 1.82) is 0 Å². The molecule has 2 heterocycles. The van der Waals surface area contributed by atoms with Gasteiger partial charge in [0, 0.05) is 46.2 Å². The lowest BCUT2D eigenvalue weighted by Crippen LogP contribution is -2.22. The van der Waals surface area contributed by atoms with E-state index in [9.17, 15) is 9.59 Å². The highest BCUT2D eigenvalue weighted by Crippen LogP contribution is 2.25. The molecule has 0 fully saturated rings. The normalized spacial score (nSPS) is 10.8. The van der Waals surface area contributed by atoms with Crippen LogP contribution in [0.2, 0.25) is 0 Å². The highest BCUT2D eigenvalue weighted by Gasteiger charge is 2.11. The lowest BCUT2D eigenvalue weighted by molar-refractivity contribution is 0.261. The van der Waals surface area contributed by atoms with Crippen LogP contribution in [-0.4, -0.2) is 22.0 Å². The lowest BCUT2D eigenvalue weighted by atomic mass is 10.1. The van der Waals surface area contributed by atoms with Gasteiger partial charge in [0.2, 0.25) is 0 Å². The summed E-state index contributed by atoms with van der Waals surface area (Å²) in [7, 11) is 0. The number of aromatic amines is 2. The number of urea groups is 2. The Balaban J connectivity index is 1.24. The van der Waals surface area contributed by atoms with E-state index in [1.165, 1.54) is 0 Å². The molecule has 0 bridgehead atoms. The summed E-state index contributed by atoms with van der Waals surface area (Å²) < 4.78 is 0. The van der Waals surface area contributed by atoms with Gasteiger partial charge in [-0.15, -0.1) is 0 Å². The maximum atomic E-state index is 12.5. The molecule has 0 radical (unpaired) electrons. The van der Waals surface area contributed by atoms with Crippen LogP contribution in [0.1, 0.15) is 5.56 Å². The largest absolute Gasteiger partial charge is 0.361 e. The quantitative estimate of drug-likeness (QED) is 0.199. The molecule has 0 aliphatic carbocycles. The van der Waals surface area contributed by atoms with Gasteiger partial charge in [-0.2, -0.15) is 0 Å². The van der Waals surface area contributed by atoms with Crippen molar-refractivity contribution in [1.82, 2.24) is 9.97 Å². The number of rotatable bonds is 4. The molecule has 164 valence electrons. The van der Waals surface area contributed by atoms with Crippen LogP contribution >= 0.6 is 0 Å². The Kier molecular flexibility index (Phi) is 5.16. The molecule has 4 amide bonds. The van der Waals surface area contributed by atoms with Crippen LogP contribution < -0.4 is 21.3 Å². The van der Waals surface area contributed by atoms with E-state index in [1.54, 1.807) is 18.2 Å². The Hall–Kier alpha value is -4.72. The Morgan fingerprint density at radius 1 is 0.636 bits per heavy atom. The highest BCUT2D eigenvalue weighted by atomic mass is 16.2. The first-order chi connectivity index (χ1) is 16.0. The molecule has 2 aromatic heterocycles. The van der Waals surface area contributed by atoms with Crippen molar-refractivity contribution >= 4 is 56.6 Å².